The third-order valence-corrected chi connectivity index (χ3v) is 9.12. The van der Waals surface area contributed by atoms with Gasteiger partial charge in [-0.05, 0) is 73.7 Å². The summed E-state index contributed by atoms with van der Waals surface area (Å²) in [5, 5.41) is 0. The van der Waals surface area contributed by atoms with Gasteiger partial charge in [-0.1, -0.05) is 18.2 Å². The highest BCUT2D eigenvalue weighted by molar-refractivity contribution is 7.98. The highest BCUT2D eigenvalue weighted by Crippen LogP contribution is 2.27. The second-order valence-electron chi connectivity index (χ2n) is 7.96. The minimum atomic E-state index is -4.01. The van der Waals surface area contributed by atoms with Crippen molar-refractivity contribution in [2.45, 2.75) is 27.5 Å². The van der Waals surface area contributed by atoms with Crippen molar-refractivity contribution < 1.29 is 21.6 Å². The van der Waals surface area contributed by atoms with E-state index in [0.717, 1.165) is 12.8 Å². The summed E-state index contributed by atoms with van der Waals surface area (Å²) in [4.78, 5) is 15.4. The van der Waals surface area contributed by atoms with Gasteiger partial charge in [0.15, 0.2) is 0 Å². The van der Waals surface area contributed by atoms with Gasteiger partial charge in [0.2, 0.25) is 0 Å². The van der Waals surface area contributed by atoms with Crippen LogP contribution in [0.1, 0.15) is 23.2 Å². The molecule has 0 radical (unpaired) electrons. The van der Waals surface area contributed by atoms with Gasteiger partial charge >= 0.3 is 0 Å². The molecule has 0 bridgehead atoms. The third-order valence-electron chi connectivity index (χ3n) is 5.55. The standard InChI is InChI=1S/C24H25N3O5S3/c1-33-23-14-13-21(17-22(23)24(28)27-15-5-6-16-27)35(31,32)26-19-9-11-20(12-10-19)34(29,30)25-18-7-3-2-4-8-18/h2-4,7-14,17,25-26H,5-6,15-16H2,1H3. The van der Waals surface area contributed by atoms with E-state index in [1.165, 1.54) is 48.2 Å². The number of carbonyl (C=O) groups is 1. The van der Waals surface area contributed by atoms with Crippen LogP contribution in [-0.4, -0.2) is 47.0 Å². The molecule has 11 heteroatoms. The van der Waals surface area contributed by atoms with E-state index in [1.54, 1.807) is 41.3 Å². The Hall–Kier alpha value is -3.02. The van der Waals surface area contributed by atoms with Gasteiger partial charge < -0.3 is 4.90 Å². The molecule has 0 spiro atoms. The van der Waals surface area contributed by atoms with E-state index in [4.69, 9.17) is 0 Å². The monoisotopic (exact) mass is 531 g/mol. The summed E-state index contributed by atoms with van der Waals surface area (Å²) in [5.74, 6) is -0.177. The maximum absolute atomic E-state index is 13.0. The lowest BCUT2D eigenvalue weighted by atomic mass is 10.2. The summed E-state index contributed by atoms with van der Waals surface area (Å²) in [6.45, 7) is 1.33. The van der Waals surface area contributed by atoms with Crippen LogP contribution in [0.4, 0.5) is 11.4 Å². The summed E-state index contributed by atoms with van der Waals surface area (Å²) in [5.41, 5.74) is 0.978. The maximum Gasteiger partial charge on any atom is 0.261 e. The molecule has 2 N–H and O–H groups in total. The van der Waals surface area contributed by atoms with Crippen molar-refractivity contribution in [2.75, 3.05) is 28.8 Å². The molecule has 0 aromatic heterocycles. The molecule has 0 unspecified atom stereocenters. The maximum atomic E-state index is 13.0. The number of likely N-dealkylation sites (tertiary alicyclic amines) is 1. The van der Waals surface area contributed by atoms with E-state index >= 15 is 0 Å². The molecular weight excluding hydrogens is 506 g/mol. The molecule has 8 nitrogen and oxygen atoms in total. The average molecular weight is 532 g/mol. The number of hydrogen-bond acceptors (Lipinski definition) is 6. The second kappa shape index (κ2) is 10.3. The first-order chi connectivity index (χ1) is 16.7. The van der Waals surface area contributed by atoms with Crippen molar-refractivity contribution in [3.8, 4) is 0 Å². The van der Waals surface area contributed by atoms with E-state index in [0.29, 0.717) is 29.2 Å². The number of carbonyl (C=O) groups excluding carboxylic acids is 1. The van der Waals surface area contributed by atoms with Crippen molar-refractivity contribution >= 4 is 49.1 Å². The lowest BCUT2D eigenvalue weighted by molar-refractivity contribution is 0.0789. The van der Waals surface area contributed by atoms with Gasteiger partial charge in [0, 0.05) is 29.4 Å². The van der Waals surface area contributed by atoms with Crippen LogP contribution in [0.25, 0.3) is 0 Å². The Morgan fingerprint density at radius 2 is 1.31 bits per heavy atom. The smallest absolute Gasteiger partial charge is 0.261 e. The Morgan fingerprint density at radius 1 is 0.771 bits per heavy atom. The number of amides is 1. The molecular formula is C24H25N3O5S3. The number of nitrogens with zero attached hydrogens (tertiary/aromatic N) is 1. The van der Waals surface area contributed by atoms with Crippen LogP contribution in [0.15, 0.2) is 87.5 Å². The normalized spacial score (nSPS) is 14.0. The fraction of sp³-hybridized carbons (Fsp3) is 0.208. The predicted molar refractivity (Wildman–Crippen MR) is 138 cm³/mol. The molecule has 1 fully saturated rings. The fourth-order valence-electron chi connectivity index (χ4n) is 3.75. The highest BCUT2D eigenvalue weighted by atomic mass is 32.2. The molecule has 3 aromatic carbocycles. The molecule has 184 valence electrons. The van der Waals surface area contributed by atoms with Gasteiger partial charge in [-0.25, -0.2) is 16.8 Å². The van der Waals surface area contributed by atoms with Crippen LogP contribution in [0.3, 0.4) is 0 Å². The SMILES string of the molecule is CSc1ccc(S(=O)(=O)Nc2ccc(S(=O)(=O)Nc3ccccc3)cc2)cc1C(=O)N1CCCC1. The molecule has 0 aliphatic carbocycles. The van der Waals surface area contributed by atoms with E-state index in [2.05, 4.69) is 9.44 Å². The first-order valence-corrected chi connectivity index (χ1v) is 15.1. The van der Waals surface area contributed by atoms with Gasteiger partial charge in [-0.2, -0.15) is 0 Å². The van der Waals surface area contributed by atoms with Gasteiger partial charge in [0.25, 0.3) is 26.0 Å². The number of para-hydroxylation sites is 1. The number of thioether (sulfide) groups is 1. The number of hydrogen-bond donors (Lipinski definition) is 2. The minimum Gasteiger partial charge on any atom is -0.339 e. The van der Waals surface area contributed by atoms with Crippen molar-refractivity contribution in [1.29, 1.82) is 0 Å². The van der Waals surface area contributed by atoms with Crippen LogP contribution in [0, 0.1) is 0 Å². The molecule has 1 amide bonds. The lowest BCUT2D eigenvalue weighted by Crippen LogP contribution is -2.28. The van der Waals surface area contributed by atoms with Crippen molar-refractivity contribution in [3.63, 3.8) is 0 Å². The van der Waals surface area contributed by atoms with Gasteiger partial charge in [-0.3, -0.25) is 14.2 Å². The van der Waals surface area contributed by atoms with Crippen molar-refractivity contribution in [2.24, 2.45) is 0 Å². The third kappa shape index (κ3) is 5.80. The average Bonchev–Trinajstić information content (AvgIpc) is 3.39. The predicted octanol–water partition coefficient (Wildman–Crippen LogP) is 4.25. The molecule has 3 aromatic rings. The Balaban J connectivity index is 1.54. The highest BCUT2D eigenvalue weighted by Gasteiger charge is 2.25. The molecule has 1 heterocycles. The number of nitrogens with one attached hydrogen (secondary N) is 2. The van der Waals surface area contributed by atoms with Crippen LogP contribution in [0.2, 0.25) is 0 Å². The van der Waals surface area contributed by atoms with E-state index in [9.17, 15) is 21.6 Å². The van der Waals surface area contributed by atoms with E-state index < -0.39 is 20.0 Å². The Morgan fingerprint density at radius 3 is 1.91 bits per heavy atom. The zero-order valence-electron chi connectivity index (χ0n) is 19.0. The first-order valence-electron chi connectivity index (χ1n) is 10.9. The lowest BCUT2D eigenvalue weighted by Gasteiger charge is -2.18. The Kier molecular flexibility index (Phi) is 7.39. The fourth-order valence-corrected chi connectivity index (χ4v) is 6.46. The topological polar surface area (TPSA) is 113 Å². The molecule has 1 saturated heterocycles. The van der Waals surface area contributed by atoms with E-state index in [1.807, 2.05) is 6.26 Å². The number of rotatable bonds is 8. The summed E-state index contributed by atoms with van der Waals surface area (Å²) in [6, 6.07) is 18.4. The quantitative estimate of drug-likeness (QED) is 0.421. The second-order valence-corrected chi connectivity index (χ2v) is 12.2. The van der Waals surface area contributed by atoms with Crippen LogP contribution >= 0.6 is 11.8 Å². The van der Waals surface area contributed by atoms with Crippen molar-refractivity contribution in [1.82, 2.24) is 4.90 Å². The summed E-state index contributed by atoms with van der Waals surface area (Å²) in [6.07, 6.45) is 3.71. The van der Waals surface area contributed by atoms with Crippen LogP contribution in [-0.2, 0) is 20.0 Å². The molecule has 4 rings (SSSR count). The largest absolute Gasteiger partial charge is 0.339 e. The molecule has 0 saturated carbocycles. The molecule has 1 aliphatic rings. The Labute approximate surface area is 209 Å². The number of benzene rings is 3. The molecule has 1 aliphatic heterocycles. The van der Waals surface area contributed by atoms with Crippen LogP contribution in [0.5, 0.6) is 0 Å². The zero-order chi connectivity index (χ0) is 25.1. The van der Waals surface area contributed by atoms with Gasteiger partial charge in [0.05, 0.1) is 15.4 Å². The summed E-state index contributed by atoms with van der Waals surface area (Å²) >= 11 is 1.38. The van der Waals surface area contributed by atoms with Crippen LogP contribution < -0.4 is 9.44 Å². The van der Waals surface area contributed by atoms with Crippen molar-refractivity contribution in [3.05, 3.63) is 78.4 Å². The zero-order valence-corrected chi connectivity index (χ0v) is 21.4. The Bertz CT molecular complexity index is 1420. The van der Waals surface area contributed by atoms with Gasteiger partial charge in [-0.15, -0.1) is 11.8 Å². The number of anilines is 2. The number of sulfonamides is 2. The summed E-state index contributed by atoms with van der Waals surface area (Å²) in [7, 11) is -7.84. The van der Waals surface area contributed by atoms with Gasteiger partial charge in [0.1, 0.15) is 0 Å². The molecule has 0 atom stereocenters. The van der Waals surface area contributed by atoms with E-state index in [-0.39, 0.29) is 21.4 Å². The summed E-state index contributed by atoms with van der Waals surface area (Å²) < 4.78 is 56.2. The molecule has 35 heavy (non-hydrogen) atoms. The first kappa shape index (κ1) is 25.1. The minimum absolute atomic E-state index is 0.00730.